The monoisotopic (exact) mass is 376 g/mol. The second kappa shape index (κ2) is 13.3. The third-order valence-electron chi connectivity index (χ3n) is 3.42. The van der Waals surface area contributed by atoms with Gasteiger partial charge in [-0.15, -0.1) is 0 Å². The minimum atomic E-state index is -0.0456. The van der Waals surface area contributed by atoms with E-state index in [-0.39, 0.29) is 5.91 Å². The lowest BCUT2D eigenvalue weighted by molar-refractivity contribution is -0.123. The second-order valence-electron chi connectivity index (χ2n) is 4.95. The minimum Gasteiger partial charge on any atom is -0.503 e. The minimum absolute atomic E-state index is 0.0456. The number of aromatic amines is 1. The average Bonchev–Trinajstić information content (AvgIpc) is 3.33. The van der Waals surface area contributed by atoms with E-state index >= 15 is 0 Å². The summed E-state index contributed by atoms with van der Waals surface area (Å²) < 4.78 is 4.86. The highest BCUT2D eigenvalue weighted by molar-refractivity contribution is 5.88. The van der Waals surface area contributed by atoms with Crippen LogP contribution in [0.2, 0.25) is 0 Å². The Morgan fingerprint density at radius 2 is 2.00 bits per heavy atom. The molecule has 0 saturated carbocycles. The summed E-state index contributed by atoms with van der Waals surface area (Å²) in [7, 11) is 1.59. The summed E-state index contributed by atoms with van der Waals surface area (Å²) in [4.78, 5) is 20.7. The summed E-state index contributed by atoms with van der Waals surface area (Å²) in [5.41, 5.74) is 8.06. The molecule has 0 spiro atoms. The summed E-state index contributed by atoms with van der Waals surface area (Å²) >= 11 is 0. The van der Waals surface area contributed by atoms with Crippen molar-refractivity contribution in [2.45, 2.75) is 47.5 Å². The van der Waals surface area contributed by atoms with Gasteiger partial charge in [-0.25, -0.2) is 9.97 Å². The maximum atomic E-state index is 11.2. The van der Waals surface area contributed by atoms with Crippen LogP contribution in [0.3, 0.4) is 0 Å². The van der Waals surface area contributed by atoms with Crippen molar-refractivity contribution in [3.8, 4) is 0 Å². The first-order valence-electron chi connectivity index (χ1n) is 9.15. The lowest BCUT2D eigenvalue weighted by Crippen LogP contribution is -2.24. The van der Waals surface area contributed by atoms with Gasteiger partial charge in [0.15, 0.2) is 5.65 Å². The largest absolute Gasteiger partial charge is 0.503 e. The highest BCUT2D eigenvalue weighted by Gasteiger charge is 2.21. The fourth-order valence-corrected chi connectivity index (χ4v) is 2.34. The molecular formula is C19H32N6O2. The molecule has 2 aromatic rings. The van der Waals surface area contributed by atoms with Crippen LogP contribution >= 0.6 is 0 Å². The van der Waals surface area contributed by atoms with Crippen molar-refractivity contribution in [2.24, 2.45) is 0 Å². The Labute approximate surface area is 161 Å². The van der Waals surface area contributed by atoms with Gasteiger partial charge in [0.05, 0.1) is 18.2 Å². The Hall–Kier alpha value is -2.90. The van der Waals surface area contributed by atoms with E-state index in [1.165, 1.54) is 12.4 Å². The molecule has 0 aromatic carbocycles. The van der Waals surface area contributed by atoms with E-state index in [4.69, 9.17) is 10.5 Å². The molecule has 1 fully saturated rings. The predicted molar refractivity (Wildman–Crippen MR) is 110 cm³/mol. The zero-order valence-electron chi connectivity index (χ0n) is 17.2. The number of nitrogens with one attached hydrogen (secondary N) is 1. The number of nitrogens with zero attached hydrogens (tertiary/aromatic N) is 4. The number of amides is 1. The Morgan fingerprint density at radius 1 is 1.33 bits per heavy atom. The summed E-state index contributed by atoms with van der Waals surface area (Å²) in [6, 6.07) is 0. The Kier molecular flexibility index (Phi) is 11.9. The van der Waals surface area contributed by atoms with Gasteiger partial charge in [-0.3, -0.25) is 9.89 Å². The van der Waals surface area contributed by atoms with E-state index in [1.807, 2.05) is 34.6 Å². The number of methoxy groups -OCH3 is 1. The van der Waals surface area contributed by atoms with Gasteiger partial charge in [0.25, 0.3) is 0 Å². The van der Waals surface area contributed by atoms with Crippen molar-refractivity contribution >= 4 is 22.8 Å². The molecule has 2 aromatic heterocycles. The maximum Gasteiger partial charge on any atom is 0.250 e. The standard InChI is InChI=1S/C9H13NO2.C6H7N5.2C2H6/c1-3-9(11)10-6-4-5-8(10)7-12-2;1-3-4-5(7)8-2-9-6(4)11-10-3;2*1-2/h3,7H,1,4-6H2,2H3;2H,1H3,(H3,7,8,9,10,11);2*1-2H3/b8-7+;;;. The summed E-state index contributed by atoms with van der Waals surface area (Å²) in [5, 5.41) is 7.52. The van der Waals surface area contributed by atoms with Gasteiger partial charge >= 0.3 is 0 Å². The third kappa shape index (κ3) is 6.73. The van der Waals surface area contributed by atoms with Gasteiger partial charge in [-0.1, -0.05) is 34.3 Å². The Balaban J connectivity index is 0.000000424. The number of carbonyl (C=O) groups excluding carboxylic acids is 1. The number of hydrogen-bond donors (Lipinski definition) is 2. The molecule has 27 heavy (non-hydrogen) atoms. The number of anilines is 1. The molecule has 0 radical (unpaired) electrons. The van der Waals surface area contributed by atoms with Crippen LogP contribution in [0, 0.1) is 6.92 Å². The van der Waals surface area contributed by atoms with Gasteiger partial charge in [0.2, 0.25) is 5.91 Å². The van der Waals surface area contributed by atoms with Crippen LogP contribution in [0.4, 0.5) is 5.82 Å². The van der Waals surface area contributed by atoms with Crippen LogP contribution < -0.4 is 5.73 Å². The van der Waals surface area contributed by atoms with E-state index in [0.717, 1.165) is 36.2 Å². The van der Waals surface area contributed by atoms with Crippen molar-refractivity contribution in [3.05, 3.63) is 36.6 Å². The van der Waals surface area contributed by atoms with Gasteiger partial charge in [0, 0.05) is 12.2 Å². The topological polar surface area (TPSA) is 110 Å². The van der Waals surface area contributed by atoms with Crippen LogP contribution in [-0.4, -0.2) is 44.6 Å². The van der Waals surface area contributed by atoms with E-state index in [0.29, 0.717) is 11.5 Å². The van der Waals surface area contributed by atoms with Gasteiger partial charge in [0.1, 0.15) is 18.4 Å². The van der Waals surface area contributed by atoms with Crippen LogP contribution in [0.15, 0.2) is 30.9 Å². The molecule has 150 valence electrons. The zero-order chi connectivity index (χ0) is 20.8. The van der Waals surface area contributed by atoms with E-state index < -0.39 is 0 Å². The lowest BCUT2D eigenvalue weighted by atomic mass is 10.3. The van der Waals surface area contributed by atoms with Crippen molar-refractivity contribution in [1.29, 1.82) is 0 Å². The van der Waals surface area contributed by atoms with E-state index in [2.05, 4.69) is 26.7 Å². The van der Waals surface area contributed by atoms with Crippen LogP contribution in [-0.2, 0) is 9.53 Å². The number of nitrogens with two attached hydrogens (primary N) is 1. The summed E-state index contributed by atoms with van der Waals surface area (Å²) in [5.74, 6) is 0.428. The molecule has 0 bridgehead atoms. The van der Waals surface area contributed by atoms with Gasteiger partial charge in [-0.2, -0.15) is 5.10 Å². The molecule has 3 N–H and O–H groups in total. The molecule has 3 heterocycles. The lowest BCUT2D eigenvalue weighted by Gasteiger charge is -2.14. The number of rotatable bonds is 2. The molecular weight excluding hydrogens is 344 g/mol. The molecule has 0 unspecified atom stereocenters. The molecule has 8 heteroatoms. The summed E-state index contributed by atoms with van der Waals surface area (Å²) in [6.07, 6.45) is 6.27. The molecule has 1 aliphatic rings. The van der Waals surface area contributed by atoms with Crippen LogP contribution in [0.25, 0.3) is 11.0 Å². The number of H-pyrrole nitrogens is 1. The number of aromatic nitrogens is 4. The molecule has 1 amide bonds. The first kappa shape index (κ1) is 24.1. The number of ether oxygens (including phenoxy) is 1. The fourth-order valence-electron chi connectivity index (χ4n) is 2.34. The third-order valence-corrected chi connectivity index (χ3v) is 3.42. The maximum absolute atomic E-state index is 11.2. The molecule has 1 aliphatic heterocycles. The van der Waals surface area contributed by atoms with E-state index in [1.54, 1.807) is 18.3 Å². The van der Waals surface area contributed by atoms with Crippen molar-refractivity contribution in [3.63, 3.8) is 0 Å². The normalized spacial score (nSPS) is 13.6. The number of carbonyl (C=O) groups is 1. The molecule has 3 rings (SSSR count). The first-order chi connectivity index (χ1) is 13.1. The van der Waals surface area contributed by atoms with Gasteiger partial charge < -0.3 is 15.4 Å². The number of likely N-dealkylation sites (tertiary alicyclic amines) is 1. The van der Waals surface area contributed by atoms with Crippen LogP contribution in [0.1, 0.15) is 46.2 Å². The highest BCUT2D eigenvalue weighted by atomic mass is 16.5. The number of hydrogen-bond acceptors (Lipinski definition) is 6. The fraction of sp³-hybridized carbons (Fsp3) is 0.474. The SMILES string of the molecule is C=CC(=O)N1CCC/C1=C\OC.CC.CC.Cc1[nH]nc2ncnc(N)c12. The number of aryl methyl sites for hydroxylation is 1. The first-order valence-corrected chi connectivity index (χ1v) is 9.15. The second-order valence-corrected chi connectivity index (χ2v) is 4.95. The van der Waals surface area contributed by atoms with Gasteiger partial charge in [-0.05, 0) is 25.8 Å². The van der Waals surface area contributed by atoms with Crippen molar-refractivity contribution in [2.75, 3.05) is 19.4 Å². The Morgan fingerprint density at radius 3 is 2.56 bits per heavy atom. The number of fused-ring (bicyclic) bond motifs is 1. The van der Waals surface area contributed by atoms with Crippen molar-refractivity contribution < 1.29 is 9.53 Å². The van der Waals surface area contributed by atoms with E-state index in [9.17, 15) is 4.79 Å². The van der Waals surface area contributed by atoms with Crippen molar-refractivity contribution in [1.82, 2.24) is 25.1 Å². The van der Waals surface area contributed by atoms with Crippen LogP contribution in [0.5, 0.6) is 0 Å². The molecule has 8 nitrogen and oxygen atoms in total. The molecule has 0 atom stereocenters. The number of allylic oxidation sites excluding steroid dienone is 1. The molecule has 0 aliphatic carbocycles. The average molecular weight is 377 g/mol. The molecule has 1 saturated heterocycles. The highest BCUT2D eigenvalue weighted by Crippen LogP contribution is 2.20. The zero-order valence-corrected chi connectivity index (χ0v) is 17.2. The predicted octanol–water partition coefficient (Wildman–Crippen LogP) is 3.58. The number of nitrogen functional groups attached to an aromatic ring is 1. The summed E-state index contributed by atoms with van der Waals surface area (Å²) in [6.45, 7) is 14.1. The smallest absolute Gasteiger partial charge is 0.250 e. The Bertz CT molecular complexity index is 739. The quantitative estimate of drug-likeness (QED) is 0.612.